The Morgan fingerprint density at radius 3 is 1.96 bits per heavy atom. The molecule has 2 fully saturated rings. The fourth-order valence-corrected chi connectivity index (χ4v) is 4.97. The lowest BCUT2D eigenvalue weighted by Gasteiger charge is -2.45. The summed E-state index contributed by atoms with van der Waals surface area (Å²) < 4.78 is 0. The minimum atomic E-state index is -0.846. The van der Waals surface area contributed by atoms with Crippen LogP contribution in [0.1, 0.15) is 30.1 Å². The predicted molar refractivity (Wildman–Crippen MR) is 105 cm³/mol. The van der Waals surface area contributed by atoms with Crippen molar-refractivity contribution in [2.45, 2.75) is 19.8 Å². The van der Waals surface area contributed by atoms with Crippen LogP contribution in [0, 0.1) is 23.7 Å². The summed E-state index contributed by atoms with van der Waals surface area (Å²) in [5.41, 5.74) is 1.73. The van der Waals surface area contributed by atoms with Gasteiger partial charge < -0.3 is 14.9 Å². The van der Waals surface area contributed by atoms with E-state index in [9.17, 15) is 19.5 Å². The van der Waals surface area contributed by atoms with Crippen molar-refractivity contribution >= 4 is 23.3 Å². The number of Topliss-reactive ketones (excluding diaryl/α,β-unsaturated/α-hetero) is 1. The van der Waals surface area contributed by atoms with Crippen molar-refractivity contribution in [2.75, 3.05) is 31.1 Å². The number of amides is 1. The van der Waals surface area contributed by atoms with Gasteiger partial charge in [0.25, 0.3) is 0 Å². The zero-order chi connectivity index (χ0) is 19.8. The zero-order valence-corrected chi connectivity index (χ0v) is 16.1. The molecular weight excluding hydrogens is 356 g/mol. The van der Waals surface area contributed by atoms with Gasteiger partial charge in [-0.2, -0.15) is 0 Å². The highest BCUT2D eigenvalue weighted by Gasteiger charge is 2.49. The molecule has 1 aliphatic heterocycles. The van der Waals surface area contributed by atoms with Crippen LogP contribution >= 0.6 is 0 Å². The average molecular weight is 382 g/mol. The van der Waals surface area contributed by atoms with Crippen molar-refractivity contribution in [1.29, 1.82) is 0 Å². The highest BCUT2D eigenvalue weighted by Crippen LogP contribution is 2.45. The summed E-state index contributed by atoms with van der Waals surface area (Å²) >= 11 is 0. The van der Waals surface area contributed by atoms with E-state index in [2.05, 4.69) is 11.0 Å². The molecule has 0 aromatic heterocycles. The Morgan fingerprint density at radius 2 is 1.46 bits per heavy atom. The minimum Gasteiger partial charge on any atom is -0.481 e. The number of piperazine rings is 1. The molecule has 0 unspecified atom stereocenters. The molecule has 1 aromatic rings. The molecular formula is C22H26N2O4. The first-order chi connectivity index (χ1) is 13.5. The Bertz CT molecular complexity index is 808. The first-order valence-electron chi connectivity index (χ1n) is 10.0. The van der Waals surface area contributed by atoms with Crippen LogP contribution in [-0.4, -0.2) is 53.8 Å². The quantitative estimate of drug-likeness (QED) is 0.639. The maximum atomic E-state index is 13.2. The lowest BCUT2D eigenvalue weighted by atomic mass is 9.62. The number of nitrogens with zero attached hydrogens (tertiary/aromatic N) is 2. The number of hydrogen-bond acceptors (Lipinski definition) is 4. The number of carboxylic acid groups (broad SMARTS) is 1. The van der Waals surface area contributed by atoms with Gasteiger partial charge in [0.15, 0.2) is 5.78 Å². The van der Waals surface area contributed by atoms with Crippen LogP contribution in [0.5, 0.6) is 0 Å². The number of allylic oxidation sites excluding steroid dienone is 2. The number of anilines is 1. The smallest absolute Gasteiger partial charge is 0.307 e. The molecule has 1 heterocycles. The number of carbonyl (C=O) groups excluding carboxylic acids is 2. The molecule has 28 heavy (non-hydrogen) atoms. The van der Waals surface area contributed by atoms with Crippen LogP contribution in [0.2, 0.25) is 0 Å². The predicted octanol–water partition coefficient (Wildman–Crippen LogP) is 2.45. The molecule has 1 saturated heterocycles. The summed E-state index contributed by atoms with van der Waals surface area (Å²) in [5, 5.41) is 9.69. The maximum absolute atomic E-state index is 13.2. The molecule has 6 heteroatoms. The SMILES string of the molecule is CC(=O)c1ccc(N2CCN(C(=O)[C@H]3[C@@H](C(=O)O)[C@H]4C=C[C@H]3CC4)CC2)cc1. The minimum absolute atomic E-state index is 0.00183. The Hall–Kier alpha value is -2.63. The van der Waals surface area contributed by atoms with E-state index < -0.39 is 17.8 Å². The zero-order valence-electron chi connectivity index (χ0n) is 16.1. The van der Waals surface area contributed by atoms with E-state index in [4.69, 9.17) is 0 Å². The first-order valence-corrected chi connectivity index (χ1v) is 10.0. The van der Waals surface area contributed by atoms with Crippen LogP contribution in [-0.2, 0) is 9.59 Å². The molecule has 6 nitrogen and oxygen atoms in total. The van der Waals surface area contributed by atoms with Crippen molar-refractivity contribution in [3.63, 3.8) is 0 Å². The largest absolute Gasteiger partial charge is 0.481 e. The number of ketones is 1. The topological polar surface area (TPSA) is 77.9 Å². The van der Waals surface area contributed by atoms with Gasteiger partial charge in [0.05, 0.1) is 11.8 Å². The second kappa shape index (κ2) is 7.41. The van der Waals surface area contributed by atoms with Gasteiger partial charge in [0.2, 0.25) is 5.91 Å². The van der Waals surface area contributed by atoms with Gasteiger partial charge in [0.1, 0.15) is 0 Å². The van der Waals surface area contributed by atoms with E-state index in [0.717, 1.165) is 18.5 Å². The van der Waals surface area contributed by atoms with E-state index in [0.29, 0.717) is 31.7 Å². The Kier molecular flexibility index (Phi) is 4.96. The van der Waals surface area contributed by atoms with Gasteiger partial charge in [0, 0.05) is 37.4 Å². The molecule has 1 aromatic carbocycles. The Labute approximate surface area is 164 Å². The lowest BCUT2D eigenvalue weighted by Crippen LogP contribution is -2.55. The van der Waals surface area contributed by atoms with Crippen LogP contribution < -0.4 is 4.90 Å². The Balaban J connectivity index is 1.42. The number of rotatable bonds is 4. The molecule has 5 rings (SSSR count). The second-order valence-corrected chi connectivity index (χ2v) is 8.10. The van der Waals surface area contributed by atoms with E-state index in [-0.39, 0.29) is 23.5 Å². The standard InChI is InChI=1S/C22H26N2O4/c1-14(25)15-6-8-18(9-7-15)23-10-12-24(13-11-23)21(26)19-16-2-4-17(5-3-16)20(19)22(27)28/h2,4,6-9,16-17,19-20H,3,5,10-13H2,1H3,(H,27,28)/t16-,17-,19+,20-/m0/s1. The van der Waals surface area contributed by atoms with E-state index in [1.54, 1.807) is 6.92 Å². The number of fused-ring (bicyclic) bond motifs is 2. The molecule has 0 spiro atoms. The van der Waals surface area contributed by atoms with Gasteiger partial charge in [-0.15, -0.1) is 0 Å². The number of carbonyl (C=O) groups is 3. The molecule has 3 aliphatic carbocycles. The molecule has 4 aliphatic rings. The second-order valence-electron chi connectivity index (χ2n) is 8.10. The van der Waals surface area contributed by atoms with Gasteiger partial charge >= 0.3 is 5.97 Å². The summed E-state index contributed by atoms with van der Waals surface area (Å²) in [6.45, 7) is 4.16. The van der Waals surface area contributed by atoms with Gasteiger partial charge in [-0.1, -0.05) is 12.2 Å². The van der Waals surface area contributed by atoms with Crippen molar-refractivity contribution < 1.29 is 19.5 Å². The van der Waals surface area contributed by atoms with Crippen LogP contribution in [0.3, 0.4) is 0 Å². The third kappa shape index (κ3) is 3.32. The van der Waals surface area contributed by atoms with Gasteiger partial charge in [-0.25, -0.2) is 0 Å². The number of benzene rings is 1. The molecule has 1 amide bonds. The van der Waals surface area contributed by atoms with Gasteiger partial charge in [-0.05, 0) is 55.9 Å². The number of hydrogen-bond donors (Lipinski definition) is 1. The average Bonchev–Trinajstić information content (AvgIpc) is 2.73. The third-order valence-electron chi connectivity index (χ3n) is 6.55. The highest BCUT2D eigenvalue weighted by atomic mass is 16.4. The molecule has 148 valence electrons. The van der Waals surface area contributed by atoms with Gasteiger partial charge in [-0.3, -0.25) is 14.4 Å². The maximum Gasteiger partial charge on any atom is 0.307 e. The lowest BCUT2D eigenvalue weighted by molar-refractivity contribution is -0.156. The fourth-order valence-electron chi connectivity index (χ4n) is 4.97. The Morgan fingerprint density at radius 1 is 0.893 bits per heavy atom. The van der Waals surface area contributed by atoms with E-state index in [1.807, 2.05) is 35.2 Å². The third-order valence-corrected chi connectivity index (χ3v) is 6.55. The number of carboxylic acids is 1. The highest BCUT2D eigenvalue weighted by molar-refractivity contribution is 5.94. The van der Waals surface area contributed by atoms with Crippen LogP contribution in [0.25, 0.3) is 0 Å². The van der Waals surface area contributed by atoms with E-state index in [1.165, 1.54) is 0 Å². The summed E-state index contributed by atoms with van der Waals surface area (Å²) in [5.74, 6) is -1.78. The first kappa shape index (κ1) is 18.7. The van der Waals surface area contributed by atoms with Crippen molar-refractivity contribution in [2.24, 2.45) is 23.7 Å². The molecule has 4 atom stereocenters. The summed E-state index contributed by atoms with van der Waals surface area (Å²) in [6.07, 6.45) is 5.83. The normalized spacial score (nSPS) is 29.0. The summed E-state index contributed by atoms with van der Waals surface area (Å²) in [4.78, 5) is 40.5. The van der Waals surface area contributed by atoms with Crippen molar-refractivity contribution in [3.8, 4) is 0 Å². The molecule has 2 bridgehead atoms. The number of aliphatic carboxylic acids is 1. The summed E-state index contributed by atoms with van der Waals surface area (Å²) in [7, 11) is 0. The van der Waals surface area contributed by atoms with E-state index >= 15 is 0 Å². The fraction of sp³-hybridized carbons (Fsp3) is 0.500. The van der Waals surface area contributed by atoms with Crippen LogP contribution in [0.15, 0.2) is 36.4 Å². The van der Waals surface area contributed by atoms with Crippen molar-refractivity contribution in [1.82, 2.24) is 4.90 Å². The molecule has 0 radical (unpaired) electrons. The monoisotopic (exact) mass is 382 g/mol. The van der Waals surface area contributed by atoms with Crippen LogP contribution in [0.4, 0.5) is 5.69 Å². The molecule has 1 saturated carbocycles. The van der Waals surface area contributed by atoms with Crippen molar-refractivity contribution in [3.05, 3.63) is 42.0 Å². The summed E-state index contributed by atoms with van der Waals surface area (Å²) in [6, 6.07) is 7.55. The molecule has 1 N–H and O–H groups in total.